The van der Waals surface area contributed by atoms with Crippen LogP contribution in [0.25, 0.3) is 5.69 Å². The van der Waals surface area contributed by atoms with E-state index in [0.29, 0.717) is 22.9 Å². The predicted octanol–water partition coefficient (Wildman–Crippen LogP) is 3.37. The third-order valence-corrected chi connectivity index (χ3v) is 6.07. The van der Waals surface area contributed by atoms with Crippen LogP contribution in [0.4, 0.5) is 5.69 Å². The highest BCUT2D eigenvalue weighted by Crippen LogP contribution is 2.27. The molecule has 1 fully saturated rings. The number of halogens is 2. The van der Waals surface area contributed by atoms with Gasteiger partial charge in [0.1, 0.15) is 5.02 Å². The number of aromatic nitrogens is 2. The molecule has 8 heteroatoms. The second kappa shape index (κ2) is 8.19. The van der Waals surface area contributed by atoms with Gasteiger partial charge in [0.05, 0.1) is 17.6 Å². The average Bonchev–Trinajstić information content (AvgIpc) is 2.66. The van der Waals surface area contributed by atoms with Gasteiger partial charge in [-0.05, 0) is 51.6 Å². The van der Waals surface area contributed by atoms with E-state index in [4.69, 9.17) is 27.9 Å². The summed E-state index contributed by atoms with van der Waals surface area (Å²) in [6.45, 7) is 4.01. The van der Waals surface area contributed by atoms with Crippen LogP contribution in [-0.2, 0) is 4.74 Å². The van der Waals surface area contributed by atoms with Crippen LogP contribution in [0.3, 0.4) is 0 Å². The summed E-state index contributed by atoms with van der Waals surface area (Å²) in [7, 11) is 4.12. The molecule has 27 heavy (non-hydrogen) atoms. The molecule has 0 aliphatic carbocycles. The van der Waals surface area contributed by atoms with E-state index in [1.165, 1.54) is 4.68 Å². The molecule has 0 saturated carbocycles. The zero-order valence-electron chi connectivity index (χ0n) is 15.8. The van der Waals surface area contributed by atoms with Crippen LogP contribution in [-0.4, -0.2) is 54.1 Å². The lowest BCUT2D eigenvalue weighted by molar-refractivity contribution is -0.000631. The molecule has 0 bridgehead atoms. The van der Waals surface area contributed by atoms with Crippen molar-refractivity contribution < 1.29 is 4.74 Å². The van der Waals surface area contributed by atoms with E-state index >= 15 is 0 Å². The van der Waals surface area contributed by atoms with Gasteiger partial charge in [-0.2, -0.15) is 9.78 Å². The van der Waals surface area contributed by atoms with Crippen LogP contribution < -0.4 is 10.9 Å². The predicted molar refractivity (Wildman–Crippen MR) is 110 cm³/mol. The molecule has 2 aromatic rings. The maximum Gasteiger partial charge on any atom is 0.292 e. The van der Waals surface area contributed by atoms with Crippen molar-refractivity contribution in [2.75, 3.05) is 39.2 Å². The number of hydrogen-bond donors (Lipinski definition) is 1. The highest BCUT2D eigenvalue weighted by molar-refractivity contribution is 6.33. The van der Waals surface area contributed by atoms with Gasteiger partial charge in [-0.3, -0.25) is 4.79 Å². The highest BCUT2D eigenvalue weighted by Gasteiger charge is 2.34. The maximum absolute atomic E-state index is 12.7. The van der Waals surface area contributed by atoms with Crippen molar-refractivity contribution in [1.29, 1.82) is 0 Å². The van der Waals surface area contributed by atoms with Crippen molar-refractivity contribution in [3.8, 4) is 5.69 Å². The summed E-state index contributed by atoms with van der Waals surface area (Å²) >= 11 is 12.5. The molecule has 1 saturated heterocycles. The van der Waals surface area contributed by atoms with Gasteiger partial charge in [0.2, 0.25) is 0 Å². The van der Waals surface area contributed by atoms with E-state index in [1.54, 1.807) is 18.3 Å². The van der Waals surface area contributed by atoms with Crippen LogP contribution in [0.2, 0.25) is 10.0 Å². The van der Waals surface area contributed by atoms with E-state index in [1.807, 2.05) is 13.0 Å². The number of hydrogen-bond acceptors (Lipinski definition) is 5. The Balaban J connectivity index is 1.84. The second-order valence-corrected chi connectivity index (χ2v) is 7.89. The Hall–Kier alpha value is -1.60. The summed E-state index contributed by atoms with van der Waals surface area (Å²) in [5.74, 6) is 0. The number of likely N-dealkylation sites (N-methyl/N-ethyl adjacent to an activating group) is 1. The molecule has 1 N–H and O–H groups in total. The minimum atomic E-state index is -0.382. The third kappa shape index (κ3) is 4.14. The number of ether oxygens (including phenoxy) is 1. The first-order valence-corrected chi connectivity index (χ1v) is 9.63. The first-order valence-electron chi connectivity index (χ1n) is 8.87. The van der Waals surface area contributed by atoms with Crippen LogP contribution in [0.1, 0.15) is 18.4 Å². The van der Waals surface area contributed by atoms with Gasteiger partial charge in [0.25, 0.3) is 5.56 Å². The van der Waals surface area contributed by atoms with E-state index in [2.05, 4.69) is 29.4 Å². The molecule has 2 heterocycles. The summed E-state index contributed by atoms with van der Waals surface area (Å²) in [6, 6.07) is 5.34. The molecular formula is C19H24Cl2N4O2. The lowest BCUT2D eigenvalue weighted by Gasteiger charge is -2.43. The Morgan fingerprint density at radius 1 is 1.30 bits per heavy atom. The monoisotopic (exact) mass is 410 g/mol. The molecule has 1 aromatic carbocycles. The fraction of sp³-hybridized carbons (Fsp3) is 0.474. The Bertz CT molecular complexity index is 876. The van der Waals surface area contributed by atoms with Gasteiger partial charge in [0.15, 0.2) is 0 Å². The van der Waals surface area contributed by atoms with E-state index in [9.17, 15) is 4.79 Å². The zero-order valence-corrected chi connectivity index (χ0v) is 17.3. The third-order valence-electron chi connectivity index (χ3n) is 5.30. The minimum absolute atomic E-state index is 0.0408. The highest BCUT2D eigenvalue weighted by atomic mass is 35.5. The van der Waals surface area contributed by atoms with Crippen LogP contribution in [0, 0.1) is 6.92 Å². The quantitative estimate of drug-likeness (QED) is 0.818. The van der Waals surface area contributed by atoms with E-state index in [-0.39, 0.29) is 16.1 Å². The Morgan fingerprint density at radius 3 is 2.63 bits per heavy atom. The van der Waals surface area contributed by atoms with Crippen molar-refractivity contribution >= 4 is 28.9 Å². The number of rotatable bonds is 5. The van der Waals surface area contributed by atoms with Crippen molar-refractivity contribution in [1.82, 2.24) is 14.7 Å². The number of anilines is 1. The van der Waals surface area contributed by atoms with Crippen molar-refractivity contribution in [2.24, 2.45) is 0 Å². The lowest BCUT2D eigenvalue weighted by Crippen LogP contribution is -2.53. The SMILES string of the molecule is Cc1ccc(-n2ncc(NCC3(N(C)C)CCOCC3)c(Cl)c2=O)cc1Cl. The second-order valence-electron chi connectivity index (χ2n) is 7.11. The summed E-state index contributed by atoms with van der Waals surface area (Å²) in [5.41, 5.74) is 1.62. The first kappa shape index (κ1) is 20.1. The van der Waals surface area contributed by atoms with Crippen LogP contribution in [0.5, 0.6) is 0 Å². The molecular weight excluding hydrogens is 387 g/mol. The summed E-state index contributed by atoms with van der Waals surface area (Å²) in [5, 5.41) is 8.27. The van der Waals surface area contributed by atoms with Gasteiger partial charge < -0.3 is 15.0 Å². The molecule has 1 aromatic heterocycles. The van der Waals surface area contributed by atoms with Crippen molar-refractivity contribution in [3.05, 3.63) is 50.4 Å². The van der Waals surface area contributed by atoms with Crippen molar-refractivity contribution in [3.63, 3.8) is 0 Å². The molecule has 0 unspecified atom stereocenters. The molecule has 0 atom stereocenters. The number of nitrogens with zero attached hydrogens (tertiary/aromatic N) is 3. The van der Waals surface area contributed by atoms with Gasteiger partial charge in [0, 0.05) is 30.3 Å². The molecule has 1 aliphatic rings. The van der Waals surface area contributed by atoms with Crippen molar-refractivity contribution in [2.45, 2.75) is 25.3 Å². The normalized spacial score (nSPS) is 16.5. The standard InChI is InChI=1S/C19H24Cl2N4O2/c1-13-4-5-14(10-15(13)20)25-18(26)17(21)16(11-23-25)22-12-19(24(2)3)6-8-27-9-7-19/h4-5,10-11,22H,6-9,12H2,1-3H3. The molecule has 0 spiro atoms. The molecule has 0 radical (unpaired) electrons. The Morgan fingerprint density at radius 2 is 2.00 bits per heavy atom. The summed E-state index contributed by atoms with van der Waals surface area (Å²) < 4.78 is 6.75. The van der Waals surface area contributed by atoms with Crippen LogP contribution in [0.15, 0.2) is 29.2 Å². The largest absolute Gasteiger partial charge is 0.381 e. The number of aryl methyl sites for hydroxylation is 1. The molecule has 146 valence electrons. The average molecular weight is 411 g/mol. The summed E-state index contributed by atoms with van der Waals surface area (Å²) in [4.78, 5) is 14.9. The van der Waals surface area contributed by atoms with Gasteiger partial charge in [-0.15, -0.1) is 0 Å². The topological polar surface area (TPSA) is 59.4 Å². The molecule has 0 amide bonds. The van der Waals surface area contributed by atoms with Gasteiger partial charge in [-0.1, -0.05) is 29.3 Å². The maximum atomic E-state index is 12.7. The number of nitrogens with one attached hydrogen (secondary N) is 1. The van der Waals surface area contributed by atoms with E-state index in [0.717, 1.165) is 31.6 Å². The smallest absolute Gasteiger partial charge is 0.292 e. The minimum Gasteiger partial charge on any atom is -0.381 e. The lowest BCUT2D eigenvalue weighted by atomic mass is 9.88. The molecule has 6 nitrogen and oxygen atoms in total. The van der Waals surface area contributed by atoms with Crippen LogP contribution >= 0.6 is 23.2 Å². The fourth-order valence-corrected chi connectivity index (χ4v) is 3.62. The Kier molecular flexibility index (Phi) is 6.11. The van der Waals surface area contributed by atoms with E-state index < -0.39 is 0 Å². The molecule has 3 rings (SSSR count). The Labute approximate surface area is 169 Å². The number of benzene rings is 1. The van der Waals surface area contributed by atoms with Gasteiger partial charge in [-0.25, -0.2) is 0 Å². The summed E-state index contributed by atoms with van der Waals surface area (Å²) in [6.07, 6.45) is 3.41. The molecule has 1 aliphatic heterocycles. The zero-order chi connectivity index (χ0) is 19.6. The fourth-order valence-electron chi connectivity index (χ4n) is 3.25. The van der Waals surface area contributed by atoms with Gasteiger partial charge >= 0.3 is 0 Å². The first-order chi connectivity index (χ1) is 12.8.